The monoisotopic (exact) mass is 402 g/mol. The van der Waals surface area contributed by atoms with E-state index in [1.54, 1.807) is 12.1 Å². The predicted molar refractivity (Wildman–Crippen MR) is 101 cm³/mol. The molecule has 0 unspecified atom stereocenters. The Morgan fingerprint density at radius 2 is 2.04 bits per heavy atom. The van der Waals surface area contributed by atoms with Crippen molar-refractivity contribution in [2.75, 3.05) is 0 Å². The Bertz CT molecular complexity index is 992. The first-order valence-corrected chi connectivity index (χ1v) is 9.48. The smallest absolute Gasteiger partial charge is 0.267 e. The van der Waals surface area contributed by atoms with Crippen LogP contribution >= 0.6 is 12.2 Å². The van der Waals surface area contributed by atoms with Crippen molar-refractivity contribution in [1.82, 2.24) is 25.1 Å². The zero-order valence-electron chi connectivity index (χ0n) is 15.0. The van der Waals surface area contributed by atoms with Gasteiger partial charge in [-0.3, -0.25) is 19.3 Å². The van der Waals surface area contributed by atoms with E-state index in [1.165, 1.54) is 17.1 Å². The molecule has 1 aromatic heterocycles. The molecule has 1 aliphatic heterocycles. The second-order valence-electron chi connectivity index (χ2n) is 6.85. The number of aromatic amines is 1. The molecule has 0 spiro atoms. The molecule has 10 heteroatoms. The lowest BCUT2D eigenvalue weighted by molar-refractivity contribution is -0.132. The van der Waals surface area contributed by atoms with Crippen LogP contribution in [0, 0.1) is 10.6 Å². The number of rotatable bonds is 6. The van der Waals surface area contributed by atoms with Crippen LogP contribution in [0.15, 0.2) is 29.4 Å². The molecule has 2 aromatic rings. The Labute approximate surface area is 165 Å². The summed E-state index contributed by atoms with van der Waals surface area (Å²) in [5.41, 5.74) is 1.02. The van der Waals surface area contributed by atoms with Gasteiger partial charge in [0.1, 0.15) is 11.5 Å². The highest BCUT2D eigenvalue weighted by molar-refractivity contribution is 7.71. The van der Waals surface area contributed by atoms with Crippen LogP contribution in [-0.4, -0.2) is 37.3 Å². The minimum Gasteiger partial charge on any atom is -0.344 e. The molecule has 0 atom stereocenters. The van der Waals surface area contributed by atoms with Crippen molar-refractivity contribution in [2.45, 2.75) is 44.8 Å². The molecule has 4 rings (SSSR count). The maximum atomic E-state index is 13.0. The average Bonchev–Trinajstić information content (AvgIpc) is 3.45. The van der Waals surface area contributed by atoms with E-state index in [4.69, 9.17) is 12.2 Å². The van der Waals surface area contributed by atoms with Gasteiger partial charge < -0.3 is 5.32 Å². The van der Waals surface area contributed by atoms with E-state index in [2.05, 4.69) is 20.6 Å². The number of carbonyl (C=O) groups excluding carboxylic acids is 2. The topological polar surface area (TPSA) is 95.4 Å². The summed E-state index contributed by atoms with van der Waals surface area (Å²) >= 11 is 5.23. The van der Waals surface area contributed by atoms with Crippen LogP contribution in [-0.2, 0) is 22.7 Å². The molecular formula is C18H19FN6O2S. The number of H-pyrrole nitrogens is 1. The summed E-state index contributed by atoms with van der Waals surface area (Å²) < 4.78 is 15.5. The molecule has 8 nitrogen and oxygen atoms in total. The minimum atomic E-state index is -0.346. The number of hydrogen-bond acceptors (Lipinski definition) is 5. The summed E-state index contributed by atoms with van der Waals surface area (Å²) in [7, 11) is 0. The molecule has 0 radical (unpaired) electrons. The average molecular weight is 402 g/mol. The Balaban J connectivity index is 1.42. The number of hydrogen-bond donors (Lipinski definition) is 2. The first kappa shape index (κ1) is 18.5. The molecule has 1 saturated carbocycles. The Hall–Kier alpha value is -2.88. The van der Waals surface area contributed by atoms with Crippen molar-refractivity contribution in [3.05, 3.63) is 46.2 Å². The third-order valence-corrected chi connectivity index (χ3v) is 5.00. The zero-order chi connectivity index (χ0) is 19.7. The maximum Gasteiger partial charge on any atom is 0.267 e. The third kappa shape index (κ3) is 4.01. The van der Waals surface area contributed by atoms with Crippen LogP contribution in [0.5, 0.6) is 0 Å². The fourth-order valence-corrected chi connectivity index (χ4v) is 3.38. The summed E-state index contributed by atoms with van der Waals surface area (Å²) in [6, 6.07) is 6.19. The van der Waals surface area contributed by atoms with Crippen LogP contribution in [0.4, 0.5) is 4.39 Å². The molecule has 1 aliphatic carbocycles. The Morgan fingerprint density at radius 3 is 2.75 bits per heavy atom. The quantitative estimate of drug-likeness (QED) is 0.724. The standard InChI is InChI=1S/C18H19FN6O2S/c19-12-3-1-11(2-4-12)10-24-16(26)8-7-14(23-24)17(27)20-9-15-21-22-18(28)25(15)13-5-6-13/h1-4,13H,5-10H2,(H,20,27)(H,22,28). The summed E-state index contributed by atoms with van der Waals surface area (Å²) in [6.07, 6.45) is 2.60. The lowest BCUT2D eigenvalue weighted by Gasteiger charge is -2.23. The van der Waals surface area contributed by atoms with E-state index < -0.39 is 0 Å². The number of nitrogens with one attached hydrogen (secondary N) is 2. The first-order chi connectivity index (χ1) is 13.5. The van der Waals surface area contributed by atoms with Crippen LogP contribution in [0.3, 0.4) is 0 Å². The number of hydrazone groups is 1. The second-order valence-corrected chi connectivity index (χ2v) is 7.24. The maximum absolute atomic E-state index is 13.0. The molecule has 28 heavy (non-hydrogen) atoms. The summed E-state index contributed by atoms with van der Waals surface area (Å²) in [4.78, 5) is 24.6. The van der Waals surface area contributed by atoms with E-state index >= 15 is 0 Å². The van der Waals surface area contributed by atoms with Crippen molar-refractivity contribution >= 4 is 29.7 Å². The largest absolute Gasteiger partial charge is 0.344 e. The van der Waals surface area contributed by atoms with Gasteiger partial charge in [-0.15, -0.1) is 0 Å². The highest BCUT2D eigenvalue weighted by atomic mass is 32.1. The molecule has 1 fully saturated rings. The molecular weight excluding hydrogens is 383 g/mol. The molecule has 2 aliphatic rings. The van der Waals surface area contributed by atoms with Gasteiger partial charge in [0.05, 0.1) is 13.1 Å². The third-order valence-electron chi connectivity index (χ3n) is 4.71. The van der Waals surface area contributed by atoms with Gasteiger partial charge in [-0.2, -0.15) is 10.2 Å². The van der Waals surface area contributed by atoms with E-state index in [0.717, 1.165) is 18.4 Å². The van der Waals surface area contributed by atoms with E-state index in [9.17, 15) is 14.0 Å². The van der Waals surface area contributed by atoms with Crippen molar-refractivity contribution in [2.24, 2.45) is 5.10 Å². The molecule has 2 amide bonds. The number of halogens is 1. The van der Waals surface area contributed by atoms with Crippen LogP contribution in [0.1, 0.15) is 43.1 Å². The van der Waals surface area contributed by atoms with Gasteiger partial charge in [0.15, 0.2) is 10.6 Å². The van der Waals surface area contributed by atoms with E-state index in [1.807, 2.05) is 4.57 Å². The molecule has 0 bridgehead atoms. The van der Waals surface area contributed by atoms with E-state index in [-0.39, 0.29) is 49.3 Å². The van der Waals surface area contributed by atoms with Crippen LogP contribution < -0.4 is 5.32 Å². The van der Waals surface area contributed by atoms with Crippen molar-refractivity contribution < 1.29 is 14.0 Å². The normalized spacial score (nSPS) is 16.8. The summed E-state index contributed by atoms with van der Waals surface area (Å²) in [6.45, 7) is 0.420. The number of carbonyl (C=O) groups is 2. The number of benzene rings is 1. The molecule has 1 aromatic carbocycles. The lowest BCUT2D eigenvalue weighted by Crippen LogP contribution is -2.38. The van der Waals surface area contributed by atoms with Gasteiger partial charge in [0.2, 0.25) is 5.91 Å². The van der Waals surface area contributed by atoms with Gasteiger partial charge in [-0.1, -0.05) is 12.1 Å². The Kier molecular flexibility index (Phi) is 5.03. The lowest BCUT2D eigenvalue weighted by atomic mass is 10.1. The van der Waals surface area contributed by atoms with Gasteiger partial charge >= 0.3 is 0 Å². The van der Waals surface area contributed by atoms with Gasteiger partial charge in [0, 0.05) is 18.9 Å². The second kappa shape index (κ2) is 7.63. The van der Waals surface area contributed by atoms with Crippen molar-refractivity contribution in [3.8, 4) is 0 Å². The highest BCUT2D eigenvalue weighted by Gasteiger charge is 2.28. The Morgan fingerprint density at radius 1 is 1.29 bits per heavy atom. The zero-order valence-corrected chi connectivity index (χ0v) is 15.8. The highest BCUT2D eigenvalue weighted by Crippen LogP contribution is 2.35. The number of nitrogens with zero attached hydrogens (tertiary/aromatic N) is 4. The number of amides is 2. The van der Waals surface area contributed by atoms with Crippen LogP contribution in [0.2, 0.25) is 0 Å². The van der Waals surface area contributed by atoms with Crippen LogP contribution in [0.25, 0.3) is 0 Å². The van der Waals surface area contributed by atoms with E-state index in [0.29, 0.717) is 16.6 Å². The van der Waals surface area contributed by atoms with Crippen molar-refractivity contribution in [1.29, 1.82) is 0 Å². The van der Waals surface area contributed by atoms with Gasteiger partial charge in [-0.05, 0) is 42.8 Å². The molecule has 2 N–H and O–H groups in total. The summed E-state index contributed by atoms with van der Waals surface area (Å²) in [5, 5.41) is 15.2. The predicted octanol–water partition coefficient (Wildman–Crippen LogP) is 2.21. The SMILES string of the molecule is O=C(NCc1n[nH]c(=S)n1C1CC1)C1=NN(Cc2ccc(F)cc2)C(=O)CC1. The molecule has 2 heterocycles. The van der Waals surface area contributed by atoms with Gasteiger partial charge in [-0.25, -0.2) is 9.40 Å². The fraction of sp³-hybridized carbons (Fsp3) is 0.389. The number of aromatic nitrogens is 3. The van der Waals surface area contributed by atoms with Gasteiger partial charge in [0.25, 0.3) is 5.91 Å². The minimum absolute atomic E-state index is 0.171. The summed E-state index contributed by atoms with van der Waals surface area (Å²) in [5.74, 6) is -0.179. The molecule has 146 valence electrons. The molecule has 0 saturated heterocycles. The van der Waals surface area contributed by atoms with Crippen molar-refractivity contribution in [3.63, 3.8) is 0 Å². The fourth-order valence-electron chi connectivity index (χ4n) is 3.08. The first-order valence-electron chi connectivity index (χ1n) is 9.07.